The topological polar surface area (TPSA) is 23.5 Å². The average molecular weight is 267 g/mol. The lowest BCUT2D eigenvalue weighted by molar-refractivity contribution is 0.141. The van der Waals surface area contributed by atoms with Crippen LogP contribution in [-0.2, 0) is 13.1 Å². The Morgan fingerprint density at radius 1 is 1.00 bits per heavy atom. The van der Waals surface area contributed by atoms with E-state index >= 15 is 0 Å². The molecule has 1 aliphatic rings. The van der Waals surface area contributed by atoms with Gasteiger partial charge in [0.05, 0.1) is 6.10 Å². The fourth-order valence-electron chi connectivity index (χ4n) is 2.98. The molecule has 1 N–H and O–H groups in total. The molecule has 2 aromatic carbocycles. The second-order valence-corrected chi connectivity index (χ2v) is 5.64. The summed E-state index contributed by atoms with van der Waals surface area (Å²) in [7, 11) is 0. The smallest absolute Gasteiger partial charge is 0.0804 e. The Morgan fingerprint density at radius 2 is 1.60 bits per heavy atom. The zero-order valence-corrected chi connectivity index (χ0v) is 11.9. The van der Waals surface area contributed by atoms with Crippen LogP contribution in [-0.4, -0.2) is 16.6 Å². The van der Waals surface area contributed by atoms with Crippen molar-refractivity contribution in [1.29, 1.82) is 0 Å². The third-order valence-corrected chi connectivity index (χ3v) is 4.17. The van der Waals surface area contributed by atoms with E-state index in [-0.39, 0.29) is 6.10 Å². The third kappa shape index (κ3) is 2.77. The Morgan fingerprint density at radius 3 is 2.25 bits per heavy atom. The summed E-state index contributed by atoms with van der Waals surface area (Å²) in [5, 5.41) is 10.4. The van der Waals surface area contributed by atoms with Gasteiger partial charge >= 0.3 is 0 Å². The number of hydrogen-bond donors (Lipinski definition) is 1. The van der Waals surface area contributed by atoms with E-state index in [4.69, 9.17) is 0 Å². The van der Waals surface area contributed by atoms with Crippen LogP contribution in [0.1, 0.15) is 34.8 Å². The quantitative estimate of drug-likeness (QED) is 0.917. The number of hydrogen-bond acceptors (Lipinski definition) is 2. The third-order valence-electron chi connectivity index (χ3n) is 4.17. The van der Waals surface area contributed by atoms with Gasteiger partial charge in [-0.05, 0) is 35.6 Å². The summed E-state index contributed by atoms with van der Waals surface area (Å²) in [5.74, 6) is 0. The first-order valence-corrected chi connectivity index (χ1v) is 7.27. The van der Waals surface area contributed by atoms with Crippen LogP contribution in [0.5, 0.6) is 0 Å². The average Bonchev–Trinajstić information content (AvgIpc) is 2.88. The summed E-state index contributed by atoms with van der Waals surface area (Å²) in [6.07, 6.45) is 0.429. The highest BCUT2D eigenvalue weighted by atomic mass is 16.3. The molecule has 1 aliphatic heterocycles. The molecule has 1 heterocycles. The van der Waals surface area contributed by atoms with Gasteiger partial charge in [0.15, 0.2) is 0 Å². The van der Waals surface area contributed by atoms with Crippen LogP contribution in [0.25, 0.3) is 0 Å². The molecule has 2 nitrogen and oxygen atoms in total. The van der Waals surface area contributed by atoms with Gasteiger partial charge in [0.25, 0.3) is 0 Å². The Hall–Kier alpha value is -1.64. The van der Waals surface area contributed by atoms with Crippen LogP contribution in [0.2, 0.25) is 0 Å². The highest BCUT2D eigenvalue weighted by molar-refractivity contribution is 5.30. The molecule has 0 radical (unpaired) electrons. The SMILES string of the molecule is Cc1ccccc1C(O)CCN1Cc2ccccc2C1. The van der Waals surface area contributed by atoms with Crippen LogP contribution in [0, 0.1) is 6.92 Å². The van der Waals surface area contributed by atoms with Gasteiger partial charge in [-0.1, -0.05) is 48.5 Å². The fraction of sp³-hybridized carbons (Fsp3) is 0.333. The number of aryl methyl sites for hydroxylation is 1. The largest absolute Gasteiger partial charge is 0.388 e. The Kier molecular flexibility index (Phi) is 3.86. The standard InChI is InChI=1S/C18H21NO/c1-14-6-2-5-9-17(14)18(20)10-11-19-12-15-7-3-4-8-16(15)13-19/h2-9,18,20H,10-13H2,1H3. The Balaban J connectivity index is 1.58. The maximum absolute atomic E-state index is 10.4. The van der Waals surface area contributed by atoms with Crippen LogP contribution < -0.4 is 0 Å². The van der Waals surface area contributed by atoms with Gasteiger partial charge in [-0.25, -0.2) is 0 Å². The molecule has 0 saturated carbocycles. The van der Waals surface area contributed by atoms with Gasteiger partial charge in [0.2, 0.25) is 0 Å². The minimum atomic E-state index is -0.361. The van der Waals surface area contributed by atoms with Gasteiger partial charge in [-0.3, -0.25) is 4.90 Å². The monoisotopic (exact) mass is 267 g/mol. The van der Waals surface area contributed by atoms with Crippen molar-refractivity contribution >= 4 is 0 Å². The molecule has 0 spiro atoms. The van der Waals surface area contributed by atoms with E-state index in [0.717, 1.165) is 31.6 Å². The number of benzene rings is 2. The second kappa shape index (κ2) is 5.78. The zero-order chi connectivity index (χ0) is 13.9. The lowest BCUT2D eigenvalue weighted by Gasteiger charge is -2.19. The van der Waals surface area contributed by atoms with E-state index < -0.39 is 0 Å². The predicted molar refractivity (Wildman–Crippen MR) is 81.3 cm³/mol. The maximum Gasteiger partial charge on any atom is 0.0804 e. The van der Waals surface area contributed by atoms with Crippen LogP contribution in [0.15, 0.2) is 48.5 Å². The summed E-state index contributed by atoms with van der Waals surface area (Å²) in [6.45, 7) is 5.02. The molecule has 0 aromatic heterocycles. The summed E-state index contributed by atoms with van der Waals surface area (Å²) in [6, 6.07) is 16.7. The summed E-state index contributed by atoms with van der Waals surface area (Å²) in [4.78, 5) is 2.41. The van der Waals surface area contributed by atoms with E-state index in [1.807, 2.05) is 18.2 Å². The molecule has 2 aromatic rings. The van der Waals surface area contributed by atoms with Crippen molar-refractivity contribution in [2.45, 2.75) is 32.5 Å². The van der Waals surface area contributed by atoms with Crippen molar-refractivity contribution in [1.82, 2.24) is 4.90 Å². The molecule has 0 saturated heterocycles. The van der Waals surface area contributed by atoms with Crippen LogP contribution >= 0.6 is 0 Å². The fourth-order valence-corrected chi connectivity index (χ4v) is 2.98. The predicted octanol–water partition coefficient (Wildman–Crippen LogP) is 3.43. The number of aliphatic hydroxyl groups excluding tert-OH is 1. The first kappa shape index (κ1) is 13.3. The molecule has 0 amide bonds. The van der Waals surface area contributed by atoms with Crippen LogP contribution in [0.4, 0.5) is 0 Å². The van der Waals surface area contributed by atoms with E-state index in [1.54, 1.807) is 0 Å². The minimum absolute atomic E-state index is 0.361. The van der Waals surface area contributed by atoms with Gasteiger partial charge in [0, 0.05) is 19.6 Å². The van der Waals surface area contributed by atoms with Gasteiger partial charge in [-0.2, -0.15) is 0 Å². The van der Waals surface area contributed by atoms with Gasteiger partial charge in [-0.15, -0.1) is 0 Å². The van der Waals surface area contributed by atoms with Gasteiger partial charge < -0.3 is 5.11 Å². The number of nitrogens with zero attached hydrogens (tertiary/aromatic N) is 1. The van der Waals surface area contributed by atoms with Crippen molar-refractivity contribution in [3.05, 3.63) is 70.8 Å². The van der Waals surface area contributed by atoms with Crippen molar-refractivity contribution in [3.8, 4) is 0 Å². The van der Waals surface area contributed by atoms with Crippen molar-refractivity contribution in [2.75, 3.05) is 6.54 Å². The second-order valence-electron chi connectivity index (χ2n) is 5.64. The van der Waals surface area contributed by atoms with Crippen molar-refractivity contribution in [3.63, 3.8) is 0 Å². The summed E-state index contributed by atoms with van der Waals surface area (Å²) < 4.78 is 0. The molecule has 2 heteroatoms. The van der Waals surface area contributed by atoms with E-state index in [9.17, 15) is 5.11 Å². The highest BCUT2D eigenvalue weighted by Gasteiger charge is 2.19. The number of fused-ring (bicyclic) bond motifs is 1. The molecule has 0 bridgehead atoms. The molecule has 0 aliphatic carbocycles. The van der Waals surface area contributed by atoms with Crippen LogP contribution in [0.3, 0.4) is 0 Å². The minimum Gasteiger partial charge on any atom is -0.388 e. The Bertz CT molecular complexity index is 568. The van der Waals surface area contributed by atoms with Gasteiger partial charge in [0.1, 0.15) is 0 Å². The zero-order valence-electron chi connectivity index (χ0n) is 11.9. The molecule has 0 fully saturated rings. The Labute approximate surface area is 120 Å². The normalized spacial score (nSPS) is 16.1. The lowest BCUT2D eigenvalue weighted by Crippen LogP contribution is -2.20. The highest BCUT2D eigenvalue weighted by Crippen LogP contribution is 2.25. The lowest BCUT2D eigenvalue weighted by atomic mass is 10.0. The summed E-state index contributed by atoms with van der Waals surface area (Å²) in [5.41, 5.74) is 5.09. The summed E-state index contributed by atoms with van der Waals surface area (Å²) >= 11 is 0. The molecular weight excluding hydrogens is 246 g/mol. The van der Waals surface area contributed by atoms with E-state index in [1.165, 1.54) is 16.7 Å². The van der Waals surface area contributed by atoms with E-state index in [0.29, 0.717) is 0 Å². The molecule has 20 heavy (non-hydrogen) atoms. The van der Waals surface area contributed by atoms with Crippen molar-refractivity contribution in [2.24, 2.45) is 0 Å². The van der Waals surface area contributed by atoms with Crippen molar-refractivity contribution < 1.29 is 5.11 Å². The molecule has 3 rings (SSSR count). The maximum atomic E-state index is 10.4. The number of aliphatic hydroxyl groups is 1. The molecule has 1 unspecified atom stereocenters. The first-order valence-electron chi connectivity index (χ1n) is 7.27. The molecule has 104 valence electrons. The molecule has 1 atom stereocenters. The molecular formula is C18H21NO. The first-order chi connectivity index (χ1) is 9.74. The van der Waals surface area contributed by atoms with E-state index in [2.05, 4.69) is 42.2 Å². The number of rotatable bonds is 4.